The van der Waals surface area contributed by atoms with E-state index in [1.165, 1.54) is 5.56 Å². The van der Waals surface area contributed by atoms with E-state index in [2.05, 4.69) is 9.88 Å². The summed E-state index contributed by atoms with van der Waals surface area (Å²) in [7, 11) is 2.04. The van der Waals surface area contributed by atoms with Gasteiger partial charge < -0.3 is 10.6 Å². The number of halogens is 1. The summed E-state index contributed by atoms with van der Waals surface area (Å²) < 4.78 is 0. The molecule has 1 atom stereocenters. The molecule has 2 rings (SSSR count). The average Bonchev–Trinajstić information content (AvgIpc) is 2.39. The maximum atomic E-state index is 6.25. The lowest BCUT2D eigenvalue weighted by Crippen LogP contribution is -2.16. The lowest BCUT2D eigenvalue weighted by molar-refractivity contribution is 0.817. The van der Waals surface area contributed by atoms with Crippen LogP contribution in [0.15, 0.2) is 42.7 Å². The number of rotatable bonds is 4. The van der Waals surface area contributed by atoms with Gasteiger partial charge in [0.15, 0.2) is 0 Å². The van der Waals surface area contributed by atoms with E-state index in [0.717, 1.165) is 17.8 Å². The molecule has 0 aliphatic carbocycles. The van der Waals surface area contributed by atoms with Crippen molar-refractivity contribution in [3.63, 3.8) is 0 Å². The second-order valence-corrected chi connectivity index (χ2v) is 5.11. The third-order valence-corrected chi connectivity index (χ3v) is 3.41. The summed E-state index contributed by atoms with van der Waals surface area (Å²) in [6, 6.07) is 9.97. The summed E-state index contributed by atoms with van der Waals surface area (Å²) in [6.45, 7) is 2.75. The van der Waals surface area contributed by atoms with Crippen LogP contribution < -0.4 is 10.6 Å². The molecule has 0 radical (unpaired) electrons. The van der Waals surface area contributed by atoms with Gasteiger partial charge in [0.25, 0.3) is 0 Å². The molecule has 0 amide bonds. The number of aromatic nitrogens is 1. The fourth-order valence-electron chi connectivity index (χ4n) is 1.98. The molecule has 1 heterocycles. The quantitative estimate of drug-likeness (QED) is 0.930. The zero-order valence-electron chi connectivity index (χ0n) is 11.2. The van der Waals surface area contributed by atoms with Gasteiger partial charge in [-0.3, -0.25) is 4.98 Å². The smallest absolute Gasteiger partial charge is 0.0474 e. The zero-order chi connectivity index (χ0) is 13.8. The van der Waals surface area contributed by atoms with Crippen LogP contribution in [0.4, 0.5) is 5.69 Å². The molecule has 0 saturated heterocycles. The van der Waals surface area contributed by atoms with E-state index >= 15 is 0 Å². The molecule has 2 N–H and O–H groups in total. The van der Waals surface area contributed by atoms with Crippen molar-refractivity contribution in [3.8, 4) is 0 Å². The fourth-order valence-corrected chi connectivity index (χ4v) is 2.32. The highest BCUT2D eigenvalue weighted by atomic mass is 35.5. The number of benzene rings is 1. The molecule has 4 heteroatoms. The highest BCUT2D eigenvalue weighted by Gasteiger charge is 2.08. The highest BCUT2D eigenvalue weighted by molar-refractivity contribution is 6.31. The van der Waals surface area contributed by atoms with Crippen molar-refractivity contribution >= 4 is 17.3 Å². The summed E-state index contributed by atoms with van der Waals surface area (Å²) in [6.07, 6.45) is 3.60. The van der Waals surface area contributed by atoms with E-state index in [-0.39, 0.29) is 6.04 Å². The van der Waals surface area contributed by atoms with Crippen molar-refractivity contribution in [1.29, 1.82) is 0 Å². The molecule has 0 aliphatic rings. The maximum Gasteiger partial charge on any atom is 0.0474 e. The molecule has 3 nitrogen and oxygen atoms in total. The van der Waals surface area contributed by atoms with Crippen LogP contribution in [0.25, 0.3) is 0 Å². The van der Waals surface area contributed by atoms with Gasteiger partial charge in [-0.1, -0.05) is 17.7 Å². The molecular weight excluding hydrogens is 258 g/mol. The Morgan fingerprint density at radius 3 is 2.53 bits per heavy atom. The standard InChI is InChI=1S/C15H18ClN3/c1-11(17)14-4-3-13(9-15(14)16)19(2)10-12-5-7-18-8-6-12/h3-9,11H,10,17H2,1-2H3. The molecule has 1 aromatic heterocycles. The minimum Gasteiger partial charge on any atom is -0.370 e. The second-order valence-electron chi connectivity index (χ2n) is 4.71. The van der Waals surface area contributed by atoms with Crippen molar-refractivity contribution in [2.75, 3.05) is 11.9 Å². The van der Waals surface area contributed by atoms with Crippen LogP contribution in [0.3, 0.4) is 0 Å². The van der Waals surface area contributed by atoms with E-state index in [0.29, 0.717) is 5.02 Å². The Bertz CT molecular complexity index is 540. The number of nitrogens with zero attached hydrogens (tertiary/aromatic N) is 2. The first kappa shape index (κ1) is 13.8. The molecule has 1 aromatic carbocycles. The Morgan fingerprint density at radius 1 is 1.26 bits per heavy atom. The predicted molar refractivity (Wildman–Crippen MR) is 80.4 cm³/mol. The molecule has 0 aliphatic heterocycles. The third kappa shape index (κ3) is 3.46. The van der Waals surface area contributed by atoms with E-state index in [9.17, 15) is 0 Å². The molecule has 2 aromatic rings. The Balaban J connectivity index is 2.16. The minimum atomic E-state index is -0.0490. The molecule has 0 bridgehead atoms. The van der Waals surface area contributed by atoms with Crippen LogP contribution in [0, 0.1) is 0 Å². The highest BCUT2D eigenvalue weighted by Crippen LogP contribution is 2.27. The number of hydrogen-bond donors (Lipinski definition) is 1. The van der Waals surface area contributed by atoms with Crippen molar-refractivity contribution in [2.45, 2.75) is 19.5 Å². The molecule has 1 unspecified atom stereocenters. The van der Waals surface area contributed by atoms with Gasteiger partial charge in [-0.2, -0.15) is 0 Å². The lowest BCUT2D eigenvalue weighted by atomic mass is 10.1. The first-order valence-corrected chi connectivity index (χ1v) is 6.61. The monoisotopic (exact) mass is 275 g/mol. The zero-order valence-corrected chi connectivity index (χ0v) is 11.9. The van der Waals surface area contributed by atoms with Gasteiger partial charge in [0, 0.05) is 42.7 Å². The van der Waals surface area contributed by atoms with Crippen LogP contribution in [0.2, 0.25) is 5.02 Å². The Kier molecular flexibility index (Phi) is 4.40. The maximum absolute atomic E-state index is 6.25. The SMILES string of the molecule is CC(N)c1ccc(N(C)Cc2ccncc2)cc1Cl. The molecule has 19 heavy (non-hydrogen) atoms. The van der Waals surface area contributed by atoms with Crippen LogP contribution in [-0.2, 0) is 6.54 Å². The fraction of sp³-hybridized carbons (Fsp3) is 0.267. The lowest BCUT2D eigenvalue weighted by Gasteiger charge is -2.21. The molecule has 0 fully saturated rings. The van der Waals surface area contributed by atoms with Gasteiger partial charge in [0.05, 0.1) is 0 Å². The van der Waals surface area contributed by atoms with Gasteiger partial charge >= 0.3 is 0 Å². The normalized spacial score (nSPS) is 12.2. The Labute approximate surface area is 119 Å². The number of pyridine rings is 1. The predicted octanol–water partition coefficient (Wildman–Crippen LogP) is 3.39. The summed E-state index contributed by atoms with van der Waals surface area (Å²) in [4.78, 5) is 6.16. The molecule has 100 valence electrons. The van der Waals surface area contributed by atoms with E-state index in [4.69, 9.17) is 17.3 Å². The number of nitrogens with two attached hydrogens (primary N) is 1. The van der Waals surface area contributed by atoms with Gasteiger partial charge in [-0.05, 0) is 42.3 Å². The summed E-state index contributed by atoms with van der Waals surface area (Å²) in [5.41, 5.74) is 9.12. The Morgan fingerprint density at radius 2 is 1.95 bits per heavy atom. The molecule has 0 spiro atoms. The second kappa shape index (κ2) is 6.04. The van der Waals surface area contributed by atoms with E-state index < -0.39 is 0 Å². The van der Waals surface area contributed by atoms with Crippen molar-refractivity contribution < 1.29 is 0 Å². The third-order valence-electron chi connectivity index (χ3n) is 3.08. The van der Waals surface area contributed by atoms with Crippen molar-refractivity contribution in [2.24, 2.45) is 5.73 Å². The van der Waals surface area contributed by atoms with Crippen molar-refractivity contribution in [1.82, 2.24) is 4.98 Å². The van der Waals surface area contributed by atoms with E-state index in [1.54, 1.807) is 12.4 Å². The van der Waals surface area contributed by atoms with Gasteiger partial charge in [-0.25, -0.2) is 0 Å². The van der Waals surface area contributed by atoms with Crippen LogP contribution in [-0.4, -0.2) is 12.0 Å². The van der Waals surface area contributed by atoms with Crippen LogP contribution >= 0.6 is 11.6 Å². The van der Waals surface area contributed by atoms with Gasteiger partial charge in [-0.15, -0.1) is 0 Å². The first-order valence-electron chi connectivity index (χ1n) is 6.23. The summed E-state index contributed by atoms with van der Waals surface area (Å²) in [5, 5.41) is 0.717. The largest absolute Gasteiger partial charge is 0.370 e. The first-order chi connectivity index (χ1) is 9.08. The summed E-state index contributed by atoms with van der Waals surface area (Å²) >= 11 is 6.25. The van der Waals surface area contributed by atoms with Gasteiger partial charge in [0.2, 0.25) is 0 Å². The van der Waals surface area contributed by atoms with Crippen LogP contribution in [0.5, 0.6) is 0 Å². The Hall–Kier alpha value is -1.58. The van der Waals surface area contributed by atoms with Crippen molar-refractivity contribution in [3.05, 3.63) is 58.9 Å². The summed E-state index contributed by atoms with van der Waals surface area (Å²) in [5.74, 6) is 0. The molecule has 0 saturated carbocycles. The van der Waals surface area contributed by atoms with E-state index in [1.807, 2.05) is 44.3 Å². The topological polar surface area (TPSA) is 42.1 Å². The number of hydrogen-bond acceptors (Lipinski definition) is 3. The number of anilines is 1. The van der Waals surface area contributed by atoms with Crippen LogP contribution in [0.1, 0.15) is 24.1 Å². The molecular formula is C15H18ClN3. The average molecular weight is 276 g/mol. The minimum absolute atomic E-state index is 0.0490. The van der Waals surface area contributed by atoms with Gasteiger partial charge in [0.1, 0.15) is 0 Å².